The average molecular weight is 202 g/mol. The van der Waals surface area contributed by atoms with Gasteiger partial charge in [0, 0.05) is 19.2 Å². The summed E-state index contributed by atoms with van der Waals surface area (Å²) in [4.78, 5) is 0. The van der Waals surface area contributed by atoms with Crippen LogP contribution in [-0.4, -0.2) is 22.0 Å². The number of nitrogens with zero attached hydrogens (tertiary/aromatic N) is 3. The maximum Gasteiger partial charge on any atom is 0.0885 e. The Morgan fingerprint density at radius 2 is 2.13 bits per heavy atom. The van der Waals surface area contributed by atoms with Crippen LogP contribution in [0.4, 0.5) is 0 Å². The third kappa shape index (κ3) is 1.89. The summed E-state index contributed by atoms with van der Waals surface area (Å²) in [5.74, 6) is 0. The molecule has 1 heterocycles. The van der Waals surface area contributed by atoms with Crippen LogP contribution >= 0.6 is 0 Å². The maximum atomic E-state index is 3.94. The van der Waals surface area contributed by atoms with Gasteiger partial charge in [0.25, 0.3) is 0 Å². The molecular formula is C11H14N4. The highest BCUT2D eigenvalue weighted by Gasteiger charge is 2.07. The molecule has 0 radical (unpaired) electrons. The quantitative estimate of drug-likeness (QED) is 0.813. The van der Waals surface area contributed by atoms with Crippen molar-refractivity contribution in [3.63, 3.8) is 0 Å². The third-order valence-corrected chi connectivity index (χ3v) is 2.38. The first kappa shape index (κ1) is 9.86. The largest absolute Gasteiger partial charge is 0.316 e. The molecule has 0 aliphatic carbocycles. The van der Waals surface area contributed by atoms with E-state index in [0.717, 1.165) is 12.2 Å². The zero-order chi connectivity index (χ0) is 10.7. The van der Waals surface area contributed by atoms with Crippen LogP contribution in [0.5, 0.6) is 0 Å². The Kier molecular flexibility index (Phi) is 2.78. The number of nitrogens with one attached hydrogen (secondary N) is 1. The van der Waals surface area contributed by atoms with E-state index in [9.17, 15) is 0 Å². The Labute approximate surface area is 88.9 Å². The zero-order valence-corrected chi connectivity index (χ0v) is 8.94. The topological polar surface area (TPSA) is 42.7 Å². The van der Waals surface area contributed by atoms with Crippen LogP contribution in [0.1, 0.15) is 5.56 Å². The summed E-state index contributed by atoms with van der Waals surface area (Å²) in [7, 11) is 3.84. The number of aryl methyl sites for hydroxylation is 1. The summed E-state index contributed by atoms with van der Waals surface area (Å²) < 4.78 is 1.79. The van der Waals surface area contributed by atoms with E-state index in [4.69, 9.17) is 0 Å². The van der Waals surface area contributed by atoms with E-state index in [0.29, 0.717) is 0 Å². The molecule has 0 saturated carbocycles. The first-order valence-corrected chi connectivity index (χ1v) is 4.90. The average Bonchev–Trinajstić information content (AvgIpc) is 2.66. The van der Waals surface area contributed by atoms with Gasteiger partial charge in [-0.15, -0.1) is 5.10 Å². The van der Waals surface area contributed by atoms with E-state index in [-0.39, 0.29) is 0 Å². The molecule has 78 valence electrons. The third-order valence-electron chi connectivity index (χ3n) is 2.38. The van der Waals surface area contributed by atoms with Gasteiger partial charge in [-0.1, -0.05) is 29.5 Å². The number of hydrogen-bond acceptors (Lipinski definition) is 3. The molecule has 2 rings (SSSR count). The minimum Gasteiger partial charge on any atom is -0.316 e. The predicted octanol–water partition coefficient (Wildman–Crippen LogP) is 1.20. The van der Waals surface area contributed by atoms with Gasteiger partial charge in [-0.2, -0.15) is 0 Å². The molecule has 0 spiro atoms. The molecule has 0 bridgehead atoms. The fourth-order valence-electron chi connectivity index (χ4n) is 1.65. The molecule has 0 saturated heterocycles. The van der Waals surface area contributed by atoms with Gasteiger partial charge in [0.1, 0.15) is 0 Å². The van der Waals surface area contributed by atoms with Crippen LogP contribution in [0, 0.1) is 0 Å². The number of aromatic nitrogens is 3. The summed E-state index contributed by atoms with van der Waals surface area (Å²) >= 11 is 0. The monoisotopic (exact) mass is 202 g/mol. The van der Waals surface area contributed by atoms with Crippen molar-refractivity contribution in [3.8, 4) is 11.3 Å². The lowest BCUT2D eigenvalue weighted by atomic mass is 10.1. The molecule has 4 heteroatoms. The van der Waals surface area contributed by atoms with Crippen molar-refractivity contribution in [2.24, 2.45) is 7.05 Å². The van der Waals surface area contributed by atoms with Gasteiger partial charge >= 0.3 is 0 Å². The smallest absolute Gasteiger partial charge is 0.0885 e. The molecule has 0 unspecified atom stereocenters. The van der Waals surface area contributed by atoms with Gasteiger partial charge in [-0.3, -0.25) is 0 Å². The van der Waals surface area contributed by atoms with Crippen molar-refractivity contribution in [2.75, 3.05) is 7.05 Å². The second kappa shape index (κ2) is 4.23. The first-order valence-electron chi connectivity index (χ1n) is 4.90. The lowest BCUT2D eigenvalue weighted by molar-refractivity contribution is 0.719. The van der Waals surface area contributed by atoms with Crippen LogP contribution < -0.4 is 5.32 Å². The molecule has 1 N–H and O–H groups in total. The van der Waals surface area contributed by atoms with Crippen molar-refractivity contribution >= 4 is 0 Å². The van der Waals surface area contributed by atoms with E-state index in [2.05, 4.69) is 27.8 Å². The SMILES string of the molecule is CNCc1ccccc1-c1cnnn1C. The normalized spacial score (nSPS) is 10.5. The van der Waals surface area contributed by atoms with E-state index < -0.39 is 0 Å². The molecule has 0 fully saturated rings. The first-order chi connectivity index (χ1) is 7.33. The van der Waals surface area contributed by atoms with E-state index in [1.165, 1.54) is 11.1 Å². The van der Waals surface area contributed by atoms with E-state index in [1.807, 2.05) is 26.2 Å². The Balaban J connectivity index is 2.48. The van der Waals surface area contributed by atoms with Crippen LogP contribution in [0.25, 0.3) is 11.3 Å². The van der Waals surface area contributed by atoms with E-state index in [1.54, 1.807) is 10.9 Å². The molecule has 2 aromatic rings. The molecular weight excluding hydrogens is 188 g/mol. The number of hydrogen-bond donors (Lipinski definition) is 1. The number of rotatable bonds is 3. The Bertz CT molecular complexity index is 447. The van der Waals surface area contributed by atoms with Crippen molar-refractivity contribution < 1.29 is 0 Å². The lowest BCUT2D eigenvalue weighted by Crippen LogP contribution is -2.07. The maximum absolute atomic E-state index is 3.94. The van der Waals surface area contributed by atoms with Gasteiger partial charge in [-0.05, 0) is 12.6 Å². The van der Waals surface area contributed by atoms with Gasteiger partial charge in [-0.25, -0.2) is 4.68 Å². The Morgan fingerprint density at radius 1 is 1.33 bits per heavy atom. The molecule has 0 atom stereocenters. The standard InChI is InChI=1S/C11H14N4/c1-12-7-9-5-3-4-6-10(9)11-8-13-14-15(11)2/h3-6,8,12H,7H2,1-2H3. The summed E-state index contributed by atoms with van der Waals surface area (Å²) in [5, 5.41) is 11.0. The summed E-state index contributed by atoms with van der Waals surface area (Å²) in [6.45, 7) is 0.849. The van der Waals surface area contributed by atoms with Crippen molar-refractivity contribution in [2.45, 2.75) is 6.54 Å². The van der Waals surface area contributed by atoms with Crippen molar-refractivity contribution in [1.82, 2.24) is 20.3 Å². The highest BCUT2D eigenvalue weighted by Crippen LogP contribution is 2.21. The molecule has 0 amide bonds. The van der Waals surface area contributed by atoms with Gasteiger partial charge in [0.15, 0.2) is 0 Å². The van der Waals surface area contributed by atoms with E-state index >= 15 is 0 Å². The molecule has 0 aliphatic heterocycles. The van der Waals surface area contributed by atoms with Crippen LogP contribution in [0.2, 0.25) is 0 Å². The number of benzene rings is 1. The molecule has 1 aromatic carbocycles. The molecule has 0 aliphatic rings. The summed E-state index contributed by atoms with van der Waals surface area (Å²) in [6.07, 6.45) is 1.79. The highest BCUT2D eigenvalue weighted by atomic mass is 15.4. The second-order valence-corrected chi connectivity index (χ2v) is 3.43. The second-order valence-electron chi connectivity index (χ2n) is 3.43. The zero-order valence-electron chi connectivity index (χ0n) is 8.94. The molecule has 1 aromatic heterocycles. The minimum absolute atomic E-state index is 0.849. The lowest BCUT2D eigenvalue weighted by Gasteiger charge is -2.08. The predicted molar refractivity (Wildman–Crippen MR) is 59.2 cm³/mol. The minimum atomic E-state index is 0.849. The fraction of sp³-hybridized carbons (Fsp3) is 0.273. The Hall–Kier alpha value is -1.68. The van der Waals surface area contributed by atoms with Crippen LogP contribution in [0.3, 0.4) is 0 Å². The summed E-state index contributed by atoms with van der Waals surface area (Å²) in [5.41, 5.74) is 3.48. The highest BCUT2D eigenvalue weighted by molar-refractivity contribution is 5.62. The van der Waals surface area contributed by atoms with Gasteiger partial charge < -0.3 is 5.32 Å². The van der Waals surface area contributed by atoms with Crippen LogP contribution in [-0.2, 0) is 13.6 Å². The van der Waals surface area contributed by atoms with Crippen LogP contribution in [0.15, 0.2) is 30.5 Å². The van der Waals surface area contributed by atoms with Crippen molar-refractivity contribution in [1.29, 1.82) is 0 Å². The van der Waals surface area contributed by atoms with Gasteiger partial charge in [0.2, 0.25) is 0 Å². The molecule has 4 nitrogen and oxygen atoms in total. The fourth-order valence-corrected chi connectivity index (χ4v) is 1.65. The van der Waals surface area contributed by atoms with Crippen molar-refractivity contribution in [3.05, 3.63) is 36.0 Å². The summed E-state index contributed by atoms with van der Waals surface area (Å²) in [6, 6.07) is 8.27. The van der Waals surface area contributed by atoms with Gasteiger partial charge in [0.05, 0.1) is 11.9 Å². The molecule has 15 heavy (non-hydrogen) atoms. The Morgan fingerprint density at radius 3 is 2.80 bits per heavy atom.